The molecule has 1 aliphatic carbocycles. The van der Waals surface area contributed by atoms with Gasteiger partial charge in [-0.1, -0.05) is 30.3 Å². The lowest BCUT2D eigenvalue weighted by Gasteiger charge is -2.10. The van der Waals surface area contributed by atoms with Gasteiger partial charge in [-0.05, 0) is 42.3 Å². The highest BCUT2D eigenvalue weighted by atomic mass is 32.1. The van der Waals surface area contributed by atoms with Gasteiger partial charge in [0.15, 0.2) is 5.11 Å². The number of carbonyl (C=O) groups excluding carboxylic acids is 2. The largest absolute Gasteiger partial charge is 0.298 e. The number of hydrazine groups is 1. The van der Waals surface area contributed by atoms with Gasteiger partial charge in [-0.25, -0.2) is 0 Å². The summed E-state index contributed by atoms with van der Waals surface area (Å²) >= 11 is 5.00. The normalized spacial score (nSPS) is 18.3. The number of hydrogen-bond donors (Lipinski definition) is 3. The molecule has 0 spiro atoms. The molecule has 0 saturated heterocycles. The van der Waals surface area contributed by atoms with Crippen LogP contribution in [-0.4, -0.2) is 21.9 Å². The highest BCUT2D eigenvalue weighted by molar-refractivity contribution is 7.80. The summed E-state index contributed by atoms with van der Waals surface area (Å²) in [5.41, 5.74) is 6.64. The maximum Gasteiger partial charge on any atom is 0.259 e. The Morgan fingerprint density at radius 1 is 1.08 bits per heavy atom. The zero-order valence-corrected chi connectivity index (χ0v) is 13.5. The number of pyridine rings is 1. The maximum atomic E-state index is 12.1. The van der Waals surface area contributed by atoms with Crippen LogP contribution in [-0.2, 0) is 4.79 Å². The van der Waals surface area contributed by atoms with Gasteiger partial charge in [0.25, 0.3) is 5.91 Å². The standard InChI is InChI=1S/C17H16N4O2S/c22-15(12-7-4-8-18-10-12)19-17(24)21-20-16(23)14-9-13(14)11-5-2-1-3-6-11/h1-8,10,13-14H,9H2,(H,20,23)(H2,19,21,22,24). The van der Waals surface area contributed by atoms with Crippen molar-refractivity contribution < 1.29 is 9.59 Å². The van der Waals surface area contributed by atoms with Gasteiger partial charge in [-0.3, -0.25) is 30.7 Å². The van der Waals surface area contributed by atoms with Crippen LogP contribution in [0.2, 0.25) is 0 Å². The Labute approximate surface area is 144 Å². The van der Waals surface area contributed by atoms with Gasteiger partial charge in [0, 0.05) is 18.3 Å². The molecule has 1 saturated carbocycles. The van der Waals surface area contributed by atoms with E-state index in [2.05, 4.69) is 21.2 Å². The van der Waals surface area contributed by atoms with E-state index in [1.165, 1.54) is 6.20 Å². The molecule has 122 valence electrons. The molecule has 7 heteroatoms. The zero-order valence-electron chi connectivity index (χ0n) is 12.7. The van der Waals surface area contributed by atoms with Crippen molar-refractivity contribution in [1.82, 2.24) is 21.2 Å². The van der Waals surface area contributed by atoms with E-state index in [1.807, 2.05) is 30.3 Å². The molecule has 1 heterocycles. The Morgan fingerprint density at radius 2 is 1.88 bits per heavy atom. The summed E-state index contributed by atoms with van der Waals surface area (Å²) in [7, 11) is 0. The third-order valence-corrected chi connectivity index (χ3v) is 4.01. The van der Waals surface area contributed by atoms with Crippen molar-refractivity contribution in [3.63, 3.8) is 0 Å². The van der Waals surface area contributed by atoms with Gasteiger partial charge in [-0.2, -0.15) is 0 Å². The van der Waals surface area contributed by atoms with E-state index in [4.69, 9.17) is 12.2 Å². The Kier molecular flexibility index (Phi) is 4.81. The van der Waals surface area contributed by atoms with Crippen LogP contribution in [0.1, 0.15) is 28.3 Å². The highest BCUT2D eigenvalue weighted by Crippen LogP contribution is 2.47. The van der Waals surface area contributed by atoms with E-state index < -0.39 is 0 Å². The summed E-state index contributed by atoms with van der Waals surface area (Å²) in [6.45, 7) is 0. The molecule has 2 aromatic rings. The SMILES string of the molecule is O=C(NC(=S)NNC(=O)C1CC1c1ccccc1)c1cccnc1. The monoisotopic (exact) mass is 340 g/mol. The summed E-state index contributed by atoms with van der Waals surface area (Å²) < 4.78 is 0. The lowest BCUT2D eigenvalue weighted by Crippen LogP contribution is -2.49. The second-order valence-corrected chi connectivity index (χ2v) is 5.91. The molecule has 1 aromatic heterocycles. The highest BCUT2D eigenvalue weighted by Gasteiger charge is 2.43. The average molecular weight is 340 g/mol. The lowest BCUT2D eigenvalue weighted by molar-refractivity contribution is -0.123. The molecule has 1 aliphatic rings. The first-order chi connectivity index (χ1) is 11.6. The number of aromatic nitrogens is 1. The maximum absolute atomic E-state index is 12.1. The molecule has 3 N–H and O–H groups in total. The zero-order chi connectivity index (χ0) is 16.9. The minimum atomic E-state index is -0.386. The topological polar surface area (TPSA) is 83.1 Å². The van der Waals surface area contributed by atoms with Crippen LogP contribution in [0.4, 0.5) is 0 Å². The van der Waals surface area contributed by atoms with Crippen LogP contribution in [0, 0.1) is 5.92 Å². The third-order valence-electron chi connectivity index (χ3n) is 3.80. The number of amides is 2. The number of rotatable bonds is 3. The van der Waals surface area contributed by atoms with Gasteiger partial charge in [0.1, 0.15) is 0 Å². The van der Waals surface area contributed by atoms with E-state index in [9.17, 15) is 9.59 Å². The molecular formula is C17H16N4O2S. The van der Waals surface area contributed by atoms with Crippen LogP contribution in [0.25, 0.3) is 0 Å². The van der Waals surface area contributed by atoms with Crippen molar-refractivity contribution in [3.05, 3.63) is 66.0 Å². The second kappa shape index (κ2) is 7.18. The van der Waals surface area contributed by atoms with E-state index in [-0.39, 0.29) is 28.8 Å². The molecule has 1 aromatic carbocycles. The lowest BCUT2D eigenvalue weighted by atomic mass is 10.1. The van der Waals surface area contributed by atoms with E-state index >= 15 is 0 Å². The molecule has 6 nitrogen and oxygen atoms in total. The minimum absolute atomic E-state index is 0.0362. The smallest absolute Gasteiger partial charge is 0.259 e. The molecule has 24 heavy (non-hydrogen) atoms. The van der Waals surface area contributed by atoms with Gasteiger partial charge in [0.2, 0.25) is 5.91 Å². The van der Waals surface area contributed by atoms with Crippen LogP contribution < -0.4 is 16.2 Å². The molecule has 0 radical (unpaired) electrons. The molecular weight excluding hydrogens is 324 g/mol. The first-order valence-electron chi connectivity index (χ1n) is 7.51. The van der Waals surface area contributed by atoms with Crippen molar-refractivity contribution >= 4 is 29.1 Å². The van der Waals surface area contributed by atoms with Crippen LogP contribution in [0.5, 0.6) is 0 Å². The molecule has 0 bridgehead atoms. The molecule has 2 unspecified atom stereocenters. The number of thiocarbonyl (C=S) groups is 1. The Hall–Kier alpha value is -2.80. The Bertz CT molecular complexity index is 752. The molecule has 2 atom stereocenters. The predicted octanol–water partition coefficient (Wildman–Crippen LogP) is 1.52. The summed E-state index contributed by atoms with van der Waals surface area (Å²) in [6, 6.07) is 13.2. The summed E-state index contributed by atoms with van der Waals surface area (Å²) in [6.07, 6.45) is 3.82. The van der Waals surface area contributed by atoms with E-state index in [0.717, 1.165) is 12.0 Å². The van der Waals surface area contributed by atoms with Crippen molar-refractivity contribution in [2.45, 2.75) is 12.3 Å². The fraction of sp³-hybridized carbons (Fsp3) is 0.176. The first kappa shape index (κ1) is 16.1. The molecule has 1 fully saturated rings. The summed E-state index contributed by atoms with van der Waals surface area (Å²) in [5.74, 6) is -0.353. The van der Waals surface area contributed by atoms with E-state index in [0.29, 0.717) is 5.56 Å². The van der Waals surface area contributed by atoms with Crippen LogP contribution in [0.15, 0.2) is 54.9 Å². The van der Waals surface area contributed by atoms with Crippen molar-refractivity contribution in [3.8, 4) is 0 Å². The van der Waals surface area contributed by atoms with Gasteiger partial charge < -0.3 is 0 Å². The third kappa shape index (κ3) is 3.94. The predicted molar refractivity (Wildman–Crippen MR) is 92.9 cm³/mol. The molecule has 0 aliphatic heterocycles. The summed E-state index contributed by atoms with van der Waals surface area (Å²) in [4.78, 5) is 27.8. The molecule has 2 amide bonds. The van der Waals surface area contributed by atoms with Crippen molar-refractivity contribution in [1.29, 1.82) is 0 Å². The quantitative estimate of drug-likeness (QED) is 0.583. The second-order valence-electron chi connectivity index (χ2n) is 5.50. The Morgan fingerprint density at radius 3 is 2.58 bits per heavy atom. The number of hydrogen-bond acceptors (Lipinski definition) is 4. The minimum Gasteiger partial charge on any atom is -0.298 e. The number of benzene rings is 1. The fourth-order valence-corrected chi connectivity index (χ4v) is 2.61. The number of carbonyl (C=O) groups is 2. The fourth-order valence-electron chi connectivity index (χ4n) is 2.47. The first-order valence-corrected chi connectivity index (χ1v) is 7.92. The van der Waals surface area contributed by atoms with E-state index in [1.54, 1.807) is 18.3 Å². The van der Waals surface area contributed by atoms with Gasteiger partial charge >= 0.3 is 0 Å². The van der Waals surface area contributed by atoms with Gasteiger partial charge in [0.05, 0.1) is 5.56 Å². The number of nitrogens with zero attached hydrogens (tertiary/aromatic N) is 1. The number of nitrogens with one attached hydrogen (secondary N) is 3. The summed E-state index contributed by atoms with van der Waals surface area (Å²) in [5, 5.41) is 2.52. The van der Waals surface area contributed by atoms with Crippen LogP contribution in [0.3, 0.4) is 0 Å². The van der Waals surface area contributed by atoms with Gasteiger partial charge in [-0.15, -0.1) is 0 Å². The average Bonchev–Trinajstić information content (AvgIpc) is 3.42. The van der Waals surface area contributed by atoms with Crippen LogP contribution >= 0.6 is 12.2 Å². The molecule has 3 rings (SSSR count). The van der Waals surface area contributed by atoms with Crippen molar-refractivity contribution in [2.75, 3.05) is 0 Å². The Balaban J connectivity index is 1.44. The van der Waals surface area contributed by atoms with Crippen molar-refractivity contribution in [2.24, 2.45) is 5.92 Å².